The molecule has 6 nitrogen and oxygen atoms in total. The second-order valence-corrected chi connectivity index (χ2v) is 8.02. The van der Waals surface area contributed by atoms with E-state index in [1.165, 1.54) is 5.57 Å². The predicted octanol–water partition coefficient (Wildman–Crippen LogP) is 1.97. The van der Waals surface area contributed by atoms with E-state index in [1.54, 1.807) is 18.2 Å². The molecule has 3 rings (SSSR count). The number of hydrogen-bond donors (Lipinski definition) is 3. The summed E-state index contributed by atoms with van der Waals surface area (Å²) in [6, 6.07) is 12.6. The van der Waals surface area contributed by atoms with Gasteiger partial charge in [-0.25, -0.2) is 13.1 Å². The lowest BCUT2D eigenvalue weighted by Crippen LogP contribution is -2.33. The maximum absolute atomic E-state index is 12.4. The van der Waals surface area contributed by atoms with E-state index in [0.29, 0.717) is 6.54 Å². The van der Waals surface area contributed by atoms with Crippen molar-refractivity contribution in [2.45, 2.75) is 17.7 Å². The molecule has 146 valence electrons. The summed E-state index contributed by atoms with van der Waals surface area (Å²) in [5.74, 6) is -0.161. The molecule has 1 aliphatic heterocycles. The van der Waals surface area contributed by atoms with Crippen LogP contribution in [-0.4, -0.2) is 40.5 Å². The van der Waals surface area contributed by atoms with Crippen LogP contribution in [0.25, 0.3) is 10.8 Å². The zero-order valence-electron chi connectivity index (χ0n) is 14.9. The van der Waals surface area contributed by atoms with Gasteiger partial charge in [-0.3, -0.25) is 4.79 Å². The molecule has 0 bridgehead atoms. The molecule has 0 unspecified atom stereocenters. The van der Waals surface area contributed by atoms with Crippen molar-refractivity contribution in [2.75, 3.05) is 26.2 Å². The Labute approximate surface area is 165 Å². The largest absolute Gasteiger partial charge is 0.352 e. The zero-order valence-corrected chi connectivity index (χ0v) is 16.5. The number of fused-ring (bicyclic) bond motifs is 1. The topological polar surface area (TPSA) is 87.3 Å². The van der Waals surface area contributed by atoms with E-state index in [4.69, 9.17) is 0 Å². The SMILES string of the molecule is Cl.O=C(CCNS(=O)(=O)c1ccc2ccccc2c1)NCC1=CCNCC1. The lowest BCUT2D eigenvalue weighted by molar-refractivity contribution is -0.120. The predicted molar refractivity (Wildman–Crippen MR) is 110 cm³/mol. The van der Waals surface area contributed by atoms with E-state index < -0.39 is 10.0 Å². The summed E-state index contributed by atoms with van der Waals surface area (Å²) in [5, 5.41) is 7.90. The molecular weight excluding hydrogens is 386 g/mol. The van der Waals surface area contributed by atoms with Crippen molar-refractivity contribution >= 4 is 39.1 Å². The first-order valence-corrected chi connectivity index (χ1v) is 10.2. The molecule has 0 aliphatic carbocycles. The molecule has 1 aliphatic rings. The lowest BCUT2D eigenvalue weighted by atomic mass is 10.1. The number of halogens is 1. The molecule has 0 fully saturated rings. The molecular formula is C19H24ClN3O3S. The number of sulfonamides is 1. The Hall–Kier alpha value is -1.93. The first-order valence-electron chi connectivity index (χ1n) is 8.68. The lowest BCUT2D eigenvalue weighted by Gasteiger charge is -2.14. The summed E-state index contributed by atoms with van der Waals surface area (Å²) in [6.45, 7) is 2.35. The van der Waals surface area contributed by atoms with Gasteiger partial charge in [-0.05, 0) is 35.9 Å². The average molecular weight is 410 g/mol. The van der Waals surface area contributed by atoms with Crippen LogP contribution < -0.4 is 15.4 Å². The maximum Gasteiger partial charge on any atom is 0.240 e. The molecule has 0 aromatic heterocycles. The van der Waals surface area contributed by atoms with E-state index in [0.717, 1.165) is 30.3 Å². The minimum atomic E-state index is -3.63. The zero-order chi connectivity index (χ0) is 18.4. The summed E-state index contributed by atoms with van der Waals surface area (Å²) in [5.41, 5.74) is 1.20. The third-order valence-electron chi connectivity index (χ3n) is 4.35. The average Bonchev–Trinajstić information content (AvgIpc) is 2.66. The molecule has 2 aromatic carbocycles. The van der Waals surface area contributed by atoms with E-state index >= 15 is 0 Å². The third kappa shape index (κ3) is 6.04. The van der Waals surface area contributed by atoms with Crippen LogP contribution >= 0.6 is 12.4 Å². The fourth-order valence-corrected chi connectivity index (χ4v) is 3.91. The molecule has 27 heavy (non-hydrogen) atoms. The normalized spacial score (nSPS) is 14.3. The Morgan fingerprint density at radius 1 is 1.11 bits per heavy atom. The number of amides is 1. The van der Waals surface area contributed by atoms with Gasteiger partial charge >= 0.3 is 0 Å². The minimum Gasteiger partial charge on any atom is -0.352 e. The van der Waals surface area contributed by atoms with Gasteiger partial charge in [0, 0.05) is 26.1 Å². The number of rotatable bonds is 7. The third-order valence-corrected chi connectivity index (χ3v) is 5.80. The van der Waals surface area contributed by atoms with Gasteiger partial charge in [-0.15, -0.1) is 12.4 Å². The second kappa shape index (κ2) is 9.85. The smallest absolute Gasteiger partial charge is 0.240 e. The second-order valence-electron chi connectivity index (χ2n) is 6.25. The number of carbonyl (C=O) groups is 1. The van der Waals surface area contributed by atoms with Gasteiger partial charge in [0.05, 0.1) is 4.90 Å². The first-order chi connectivity index (χ1) is 12.5. The van der Waals surface area contributed by atoms with Gasteiger partial charge in [0.25, 0.3) is 0 Å². The fraction of sp³-hybridized carbons (Fsp3) is 0.316. The molecule has 0 spiro atoms. The summed E-state index contributed by atoms with van der Waals surface area (Å²) < 4.78 is 27.3. The quantitative estimate of drug-likeness (QED) is 0.610. The van der Waals surface area contributed by atoms with Crippen molar-refractivity contribution in [3.63, 3.8) is 0 Å². The highest BCUT2D eigenvalue weighted by molar-refractivity contribution is 7.89. The Morgan fingerprint density at radius 2 is 1.89 bits per heavy atom. The van der Waals surface area contributed by atoms with Crippen molar-refractivity contribution in [3.05, 3.63) is 54.1 Å². The molecule has 1 heterocycles. The van der Waals surface area contributed by atoms with E-state index in [1.807, 2.05) is 24.3 Å². The van der Waals surface area contributed by atoms with E-state index in [-0.39, 0.29) is 36.2 Å². The standard InChI is InChI=1S/C19H23N3O3S.ClH/c23-19(21-14-15-7-10-20-11-8-15)9-12-22-26(24,25)18-6-5-16-3-1-2-4-17(16)13-18;/h1-7,13,20,22H,8-12,14H2,(H,21,23);1H. The highest BCUT2D eigenvalue weighted by Gasteiger charge is 2.15. The summed E-state index contributed by atoms with van der Waals surface area (Å²) >= 11 is 0. The van der Waals surface area contributed by atoms with Crippen LogP contribution in [0, 0.1) is 0 Å². The van der Waals surface area contributed by atoms with Crippen LogP contribution in [0.4, 0.5) is 0 Å². The monoisotopic (exact) mass is 409 g/mol. The Morgan fingerprint density at radius 3 is 2.63 bits per heavy atom. The Kier molecular flexibility index (Phi) is 7.79. The van der Waals surface area contributed by atoms with E-state index in [2.05, 4.69) is 21.4 Å². The van der Waals surface area contributed by atoms with Gasteiger partial charge in [0.2, 0.25) is 15.9 Å². The van der Waals surface area contributed by atoms with Crippen molar-refractivity contribution < 1.29 is 13.2 Å². The molecule has 0 atom stereocenters. The highest BCUT2D eigenvalue weighted by atomic mass is 35.5. The van der Waals surface area contributed by atoms with Crippen molar-refractivity contribution in [1.82, 2.24) is 15.4 Å². The van der Waals surface area contributed by atoms with Crippen LogP contribution in [0.5, 0.6) is 0 Å². The summed E-state index contributed by atoms with van der Waals surface area (Å²) in [6.07, 6.45) is 3.11. The molecule has 0 radical (unpaired) electrons. The van der Waals surface area contributed by atoms with Gasteiger partial charge in [-0.1, -0.05) is 42.0 Å². The molecule has 0 saturated carbocycles. The fourth-order valence-electron chi connectivity index (χ4n) is 2.85. The number of benzene rings is 2. The van der Waals surface area contributed by atoms with Crippen LogP contribution in [0.2, 0.25) is 0 Å². The number of nitrogens with one attached hydrogen (secondary N) is 3. The van der Waals surface area contributed by atoms with Gasteiger partial charge in [-0.2, -0.15) is 0 Å². The summed E-state index contributed by atoms with van der Waals surface area (Å²) in [4.78, 5) is 12.1. The molecule has 8 heteroatoms. The highest BCUT2D eigenvalue weighted by Crippen LogP contribution is 2.18. The summed E-state index contributed by atoms with van der Waals surface area (Å²) in [7, 11) is -3.63. The molecule has 3 N–H and O–H groups in total. The van der Waals surface area contributed by atoms with Crippen molar-refractivity contribution in [3.8, 4) is 0 Å². The van der Waals surface area contributed by atoms with E-state index in [9.17, 15) is 13.2 Å². The molecule has 2 aromatic rings. The van der Waals surface area contributed by atoms with Crippen LogP contribution in [0.15, 0.2) is 59.0 Å². The Balaban J connectivity index is 0.00000261. The van der Waals surface area contributed by atoms with Crippen LogP contribution in [0.3, 0.4) is 0 Å². The molecule has 0 saturated heterocycles. The number of hydrogen-bond acceptors (Lipinski definition) is 4. The van der Waals surface area contributed by atoms with Crippen molar-refractivity contribution in [2.24, 2.45) is 0 Å². The van der Waals surface area contributed by atoms with Crippen LogP contribution in [0.1, 0.15) is 12.8 Å². The maximum atomic E-state index is 12.4. The minimum absolute atomic E-state index is 0. The van der Waals surface area contributed by atoms with Gasteiger partial charge in [0.15, 0.2) is 0 Å². The number of carbonyl (C=O) groups excluding carboxylic acids is 1. The van der Waals surface area contributed by atoms with Crippen LogP contribution in [-0.2, 0) is 14.8 Å². The van der Waals surface area contributed by atoms with Crippen molar-refractivity contribution in [1.29, 1.82) is 0 Å². The first kappa shape index (κ1) is 21.4. The van der Waals surface area contributed by atoms with Gasteiger partial charge in [0.1, 0.15) is 0 Å². The molecule has 1 amide bonds. The Bertz CT molecular complexity index is 929. The van der Waals surface area contributed by atoms with Gasteiger partial charge < -0.3 is 10.6 Å².